The van der Waals surface area contributed by atoms with Gasteiger partial charge in [-0.15, -0.1) is 13.2 Å². The maximum atomic E-state index is 2.41. The Balaban J connectivity index is 0.000000313. The van der Waals surface area contributed by atoms with E-state index < -0.39 is 0 Å². The molecule has 1 aliphatic rings. The van der Waals surface area contributed by atoms with Gasteiger partial charge in [-0.1, -0.05) is 33.1 Å². The van der Waals surface area contributed by atoms with Crippen LogP contribution in [0.3, 0.4) is 0 Å². The molecule has 0 aromatic heterocycles. The summed E-state index contributed by atoms with van der Waals surface area (Å²) in [5.41, 5.74) is 1.86. The maximum absolute atomic E-state index is 2.41. The molecule has 0 N–H and O–H groups in total. The van der Waals surface area contributed by atoms with Crippen molar-refractivity contribution in [3.8, 4) is 0 Å². The molecule has 0 nitrogen and oxygen atoms in total. The van der Waals surface area contributed by atoms with E-state index in [1.807, 2.05) is 30.3 Å². The van der Waals surface area contributed by atoms with Crippen LogP contribution in [0.2, 0.25) is 0 Å². The Hall–Kier alpha value is -0.351. The summed E-state index contributed by atoms with van der Waals surface area (Å²) < 4.78 is 0. The van der Waals surface area contributed by atoms with Crippen molar-refractivity contribution >= 4 is 13.2 Å². The van der Waals surface area contributed by atoms with E-state index in [0.29, 0.717) is 0 Å². The van der Waals surface area contributed by atoms with Crippen LogP contribution in [0, 0.1) is 0 Å². The average molecular weight is 342 g/mol. The van der Waals surface area contributed by atoms with Crippen LogP contribution in [0.15, 0.2) is 54.6 Å². The van der Waals surface area contributed by atoms with E-state index in [1.54, 1.807) is 5.30 Å². The van der Waals surface area contributed by atoms with E-state index in [0.717, 1.165) is 11.3 Å². The van der Waals surface area contributed by atoms with Crippen molar-refractivity contribution in [3.63, 3.8) is 0 Å². The number of rotatable bonds is 3. The van der Waals surface area contributed by atoms with E-state index in [1.165, 1.54) is 32.1 Å². The molecular weight excluding hydrogens is 315 g/mol. The molecule has 2 aromatic carbocycles. The average Bonchev–Trinajstić information content (AvgIpc) is 3.16. The molecular formula is C19H27FeP-6. The van der Waals surface area contributed by atoms with Crippen molar-refractivity contribution in [1.82, 2.24) is 0 Å². The zero-order valence-corrected chi connectivity index (χ0v) is 15.2. The molecule has 0 aliphatic heterocycles. The summed E-state index contributed by atoms with van der Waals surface area (Å²) in [6.45, 7) is 4.82. The minimum Gasteiger partial charge on any atom is -0.748 e. The van der Waals surface area contributed by atoms with Gasteiger partial charge in [-0.05, 0) is 24.2 Å². The molecule has 0 heterocycles. The third kappa shape index (κ3) is 6.11. The molecule has 2 aromatic rings. The summed E-state index contributed by atoms with van der Waals surface area (Å²) in [4.78, 5) is 0. The van der Waals surface area contributed by atoms with Crippen LogP contribution in [0.25, 0.3) is 0 Å². The van der Waals surface area contributed by atoms with Crippen molar-refractivity contribution in [2.24, 2.45) is 0 Å². The Morgan fingerprint density at radius 1 is 0.905 bits per heavy atom. The molecule has 3 rings (SSSR count). The third-order valence-corrected chi connectivity index (χ3v) is 7.33. The van der Waals surface area contributed by atoms with Crippen LogP contribution in [-0.2, 0) is 17.1 Å². The van der Waals surface area contributed by atoms with Gasteiger partial charge in [-0.25, -0.2) is 12.1 Å². The fourth-order valence-electron chi connectivity index (χ4n) is 3.15. The second-order valence-electron chi connectivity index (χ2n) is 5.90. The van der Waals surface area contributed by atoms with Crippen LogP contribution < -0.4 is 5.30 Å². The minimum absolute atomic E-state index is 0. The predicted molar refractivity (Wildman–Crippen MR) is 92.6 cm³/mol. The third-order valence-electron chi connectivity index (χ3n) is 4.02. The summed E-state index contributed by atoms with van der Waals surface area (Å²) in [5, 5.41) is 1.65. The fourth-order valence-corrected chi connectivity index (χ4v) is 6.45. The van der Waals surface area contributed by atoms with Crippen LogP contribution in [0.4, 0.5) is 0 Å². The van der Waals surface area contributed by atoms with E-state index in [2.05, 4.69) is 38.1 Å². The van der Waals surface area contributed by atoms with Crippen LogP contribution in [-0.4, -0.2) is 11.3 Å². The molecule has 0 spiro atoms. The summed E-state index contributed by atoms with van der Waals surface area (Å²) >= 11 is 0. The van der Waals surface area contributed by atoms with Crippen LogP contribution in [0.5, 0.6) is 0 Å². The predicted octanol–water partition coefficient (Wildman–Crippen LogP) is 5.66. The molecule has 0 bridgehead atoms. The van der Waals surface area contributed by atoms with Crippen LogP contribution in [0.1, 0.15) is 46.0 Å². The first kappa shape index (κ1) is 18.7. The van der Waals surface area contributed by atoms with Gasteiger partial charge >= 0.3 is 0 Å². The number of hydrogen-bond acceptors (Lipinski definition) is 0. The van der Waals surface area contributed by atoms with Crippen LogP contribution >= 0.6 is 7.92 Å². The summed E-state index contributed by atoms with van der Waals surface area (Å²) in [5.74, 6) is 0. The van der Waals surface area contributed by atoms with Crippen molar-refractivity contribution in [3.05, 3.63) is 54.6 Å². The zero-order valence-electron chi connectivity index (χ0n) is 13.2. The summed E-state index contributed by atoms with van der Waals surface area (Å²) in [6.07, 6.45) is 7.37. The zero-order chi connectivity index (χ0) is 14.2. The van der Waals surface area contributed by atoms with Gasteiger partial charge < -0.3 is 30.3 Å². The second kappa shape index (κ2) is 10.4. The molecule has 0 saturated heterocycles. The van der Waals surface area contributed by atoms with Crippen molar-refractivity contribution in [2.45, 2.75) is 57.3 Å². The molecule has 1 unspecified atom stereocenters. The first-order chi connectivity index (χ1) is 9.79. The van der Waals surface area contributed by atoms with E-state index in [9.17, 15) is 0 Å². The Bertz CT molecular complexity index is 407. The summed E-state index contributed by atoms with van der Waals surface area (Å²) in [6, 6.07) is 19.1. The molecule has 122 valence electrons. The Kier molecular flexibility index (Phi) is 9.25. The fraction of sp³-hybridized carbons (Fsp3) is 0.474. The van der Waals surface area contributed by atoms with Crippen molar-refractivity contribution < 1.29 is 17.1 Å². The minimum atomic E-state index is 0. The van der Waals surface area contributed by atoms with E-state index in [-0.39, 0.29) is 25.0 Å². The first-order valence-corrected chi connectivity index (χ1v) is 9.44. The standard InChI is InChI=1S/C14H22P.C5H5.Fe/c1-12(2)15(14-10-6-7-11-14)13-8-4-3-5-9-13;1-2-4-5-3-1;/h6-7,10-13H,3-5,8-9H2,1-2H3;1-5H;/q-1;-5;. The molecule has 0 amide bonds. The van der Waals surface area contributed by atoms with E-state index >= 15 is 0 Å². The van der Waals surface area contributed by atoms with Gasteiger partial charge in [-0.2, -0.15) is 12.1 Å². The van der Waals surface area contributed by atoms with Gasteiger partial charge in [0, 0.05) is 17.1 Å². The molecule has 1 atom stereocenters. The molecule has 2 heteroatoms. The smallest absolute Gasteiger partial charge is 0 e. The molecule has 1 fully saturated rings. The van der Waals surface area contributed by atoms with Gasteiger partial charge in [0.25, 0.3) is 0 Å². The van der Waals surface area contributed by atoms with E-state index in [4.69, 9.17) is 0 Å². The van der Waals surface area contributed by atoms with Gasteiger partial charge in [-0.3, -0.25) is 0 Å². The monoisotopic (exact) mass is 342 g/mol. The molecule has 21 heavy (non-hydrogen) atoms. The normalized spacial score (nSPS) is 16.7. The topological polar surface area (TPSA) is 0 Å². The Morgan fingerprint density at radius 3 is 1.81 bits per heavy atom. The second-order valence-corrected chi connectivity index (χ2v) is 8.99. The first-order valence-electron chi connectivity index (χ1n) is 7.96. The molecule has 1 aliphatic carbocycles. The van der Waals surface area contributed by atoms with Gasteiger partial charge in [0.2, 0.25) is 0 Å². The van der Waals surface area contributed by atoms with Crippen molar-refractivity contribution in [1.29, 1.82) is 0 Å². The van der Waals surface area contributed by atoms with Gasteiger partial charge in [0.1, 0.15) is 0 Å². The quantitative estimate of drug-likeness (QED) is 0.384. The van der Waals surface area contributed by atoms with Crippen molar-refractivity contribution in [2.75, 3.05) is 0 Å². The SMILES string of the molecule is CC(C)P([c-]1cccc1)C1CCCCC1.[Fe].[cH-]1[cH-][cH-][cH-][cH-]1. The Labute approximate surface area is 142 Å². The summed E-state index contributed by atoms with van der Waals surface area (Å²) in [7, 11) is 0.104. The largest absolute Gasteiger partial charge is 0.748 e. The maximum Gasteiger partial charge on any atom is 0 e. The van der Waals surface area contributed by atoms with Gasteiger partial charge in [0.15, 0.2) is 0 Å². The van der Waals surface area contributed by atoms with Gasteiger partial charge in [0.05, 0.1) is 0 Å². The Morgan fingerprint density at radius 2 is 1.38 bits per heavy atom. The molecule has 0 radical (unpaired) electrons. The number of hydrogen-bond donors (Lipinski definition) is 0. The molecule has 1 saturated carbocycles.